The molecule has 0 radical (unpaired) electrons. The highest BCUT2D eigenvalue weighted by Crippen LogP contribution is 2.49. The molecule has 2 atom stereocenters. The Morgan fingerprint density at radius 3 is 2.81 bits per heavy atom. The molecular weight excluding hydrogens is 282 g/mol. The monoisotopic (exact) mass is 307 g/mol. The minimum atomic E-state index is -0.575. The minimum absolute atomic E-state index is 0.201. The van der Waals surface area contributed by atoms with Crippen LogP contribution in [0.5, 0.6) is 0 Å². The van der Waals surface area contributed by atoms with Gasteiger partial charge in [0.2, 0.25) is 0 Å². The van der Waals surface area contributed by atoms with Crippen molar-refractivity contribution < 1.29 is 9.90 Å². The lowest BCUT2D eigenvalue weighted by Gasteiger charge is -2.23. The Hall–Kier alpha value is -0.870. The van der Waals surface area contributed by atoms with E-state index in [1.54, 1.807) is 0 Å². The van der Waals surface area contributed by atoms with Crippen molar-refractivity contribution in [3.05, 3.63) is 21.9 Å². The van der Waals surface area contributed by atoms with Gasteiger partial charge >= 0.3 is 5.97 Å². The highest BCUT2D eigenvalue weighted by atomic mass is 32.1. The Morgan fingerprint density at radius 1 is 1.48 bits per heavy atom. The molecule has 1 N–H and O–H groups in total. The molecule has 2 aliphatic rings. The molecule has 1 aliphatic heterocycles. The van der Waals surface area contributed by atoms with Gasteiger partial charge in [-0.05, 0) is 36.3 Å². The number of rotatable bonds is 3. The number of nitrogens with zero attached hydrogens (tertiary/aromatic N) is 1. The van der Waals surface area contributed by atoms with Gasteiger partial charge in [-0.2, -0.15) is 0 Å². The van der Waals surface area contributed by atoms with Crippen molar-refractivity contribution in [2.24, 2.45) is 11.3 Å². The molecule has 0 bridgehead atoms. The van der Waals surface area contributed by atoms with Crippen molar-refractivity contribution in [2.75, 3.05) is 13.1 Å². The fraction of sp³-hybridized carbons (Fsp3) is 0.706. The summed E-state index contributed by atoms with van der Waals surface area (Å²) < 4.78 is 0. The van der Waals surface area contributed by atoms with Crippen LogP contribution < -0.4 is 0 Å². The Balaban J connectivity index is 1.70. The predicted octanol–water partition coefficient (Wildman–Crippen LogP) is 3.73. The van der Waals surface area contributed by atoms with E-state index in [4.69, 9.17) is 0 Å². The summed E-state index contributed by atoms with van der Waals surface area (Å²) in [6, 6.07) is 4.44. The zero-order valence-corrected chi connectivity index (χ0v) is 14.0. The van der Waals surface area contributed by atoms with Crippen LogP contribution in [0, 0.1) is 11.3 Å². The van der Waals surface area contributed by atoms with Crippen molar-refractivity contribution in [1.29, 1.82) is 0 Å². The lowest BCUT2D eigenvalue weighted by molar-refractivity contribution is -0.149. The summed E-state index contributed by atoms with van der Waals surface area (Å²) >= 11 is 1.87. The number of fused-ring (bicyclic) bond motifs is 1. The average molecular weight is 307 g/mol. The van der Waals surface area contributed by atoms with Crippen LogP contribution in [0.1, 0.15) is 49.8 Å². The second-order valence-electron chi connectivity index (χ2n) is 7.74. The summed E-state index contributed by atoms with van der Waals surface area (Å²) in [4.78, 5) is 16.8. The highest BCUT2D eigenvalue weighted by molar-refractivity contribution is 7.12. The number of carboxylic acids is 1. The first-order valence-electron chi connectivity index (χ1n) is 7.86. The first kappa shape index (κ1) is 15.0. The van der Waals surface area contributed by atoms with Gasteiger partial charge in [0.15, 0.2) is 0 Å². The van der Waals surface area contributed by atoms with Gasteiger partial charge in [-0.15, -0.1) is 11.3 Å². The van der Waals surface area contributed by atoms with Gasteiger partial charge in [0.05, 0.1) is 5.41 Å². The molecule has 21 heavy (non-hydrogen) atoms. The van der Waals surface area contributed by atoms with E-state index in [0.29, 0.717) is 5.92 Å². The van der Waals surface area contributed by atoms with Gasteiger partial charge in [0.1, 0.15) is 0 Å². The molecule has 2 heterocycles. The van der Waals surface area contributed by atoms with E-state index in [2.05, 4.69) is 37.8 Å². The standard InChI is InChI=1S/C17H25NO2S/c1-16(2,3)14-7-6-13(21-14)10-18-9-12-5-4-8-17(12,11-18)15(19)20/h6-7,12H,4-5,8-11H2,1-3H3,(H,19,20)/t12-,17+/m0/s1. The number of carboxylic acid groups (broad SMARTS) is 1. The smallest absolute Gasteiger partial charge is 0.311 e. The molecule has 1 aromatic rings. The second kappa shape index (κ2) is 5.10. The van der Waals surface area contributed by atoms with Gasteiger partial charge in [0.25, 0.3) is 0 Å². The van der Waals surface area contributed by atoms with E-state index < -0.39 is 11.4 Å². The van der Waals surface area contributed by atoms with Crippen molar-refractivity contribution in [1.82, 2.24) is 4.90 Å². The van der Waals surface area contributed by atoms with Crippen LogP contribution >= 0.6 is 11.3 Å². The Labute approximate surface area is 131 Å². The van der Waals surface area contributed by atoms with Crippen molar-refractivity contribution in [3.63, 3.8) is 0 Å². The van der Waals surface area contributed by atoms with E-state index in [1.807, 2.05) is 11.3 Å². The van der Waals surface area contributed by atoms with Crippen LogP contribution in [0.2, 0.25) is 0 Å². The minimum Gasteiger partial charge on any atom is -0.481 e. The molecule has 1 aromatic heterocycles. The molecule has 4 heteroatoms. The van der Waals surface area contributed by atoms with Crippen LogP contribution in [0.4, 0.5) is 0 Å². The number of hydrogen-bond donors (Lipinski definition) is 1. The maximum absolute atomic E-state index is 11.7. The van der Waals surface area contributed by atoms with Crippen LogP contribution in [0.3, 0.4) is 0 Å². The van der Waals surface area contributed by atoms with E-state index in [9.17, 15) is 9.90 Å². The fourth-order valence-corrected chi connectivity index (χ4v) is 5.06. The Kier molecular flexibility index (Phi) is 3.65. The molecule has 0 unspecified atom stereocenters. The molecule has 0 aromatic carbocycles. The summed E-state index contributed by atoms with van der Waals surface area (Å²) in [5.41, 5.74) is -0.253. The summed E-state index contributed by atoms with van der Waals surface area (Å²) in [6.45, 7) is 9.31. The van der Waals surface area contributed by atoms with Crippen LogP contribution in [-0.2, 0) is 16.8 Å². The summed E-state index contributed by atoms with van der Waals surface area (Å²) in [6.07, 6.45) is 3.03. The van der Waals surface area contributed by atoms with Gasteiger partial charge in [-0.25, -0.2) is 0 Å². The molecule has 3 rings (SSSR count). The lowest BCUT2D eigenvalue weighted by Crippen LogP contribution is -2.35. The van der Waals surface area contributed by atoms with Crippen LogP contribution in [0.15, 0.2) is 12.1 Å². The van der Waals surface area contributed by atoms with Crippen molar-refractivity contribution >= 4 is 17.3 Å². The first-order chi connectivity index (χ1) is 9.81. The third kappa shape index (κ3) is 2.64. The van der Waals surface area contributed by atoms with E-state index in [-0.39, 0.29) is 5.41 Å². The normalized spacial score (nSPS) is 29.8. The topological polar surface area (TPSA) is 40.5 Å². The number of likely N-dealkylation sites (tertiary alicyclic amines) is 1. The second-order valence-corrected chi connectivity index (χ2v) is 8.90. The van der Waals surface area contributed by atoms with E-state index >= 15 is 0 Å². The van der Waals surface area contributed by atoms with Gasteiger partial charge < -0.3 is 5.11 Å². The fourth-order valence-electron chi connectivity index (χ4n) is 3.95. The number of carbonyl (C=O) groups is 1. The van der Waals surface area contributed by atoms with Crippen LogP contribution in [-0.4, -0.2) is 29.1 Å². The Morgan fingerprint density at radius 2 is 2.24 bits per heavy atom. The Bertz CT molecular complexity index is 545. The molecule has 116 valence electrons. The van der Waals surface area contributed by atoms with Crippen molar-refractivity contribution in [2.45, 2.75) is 52.0 Å². The predicted molar refractivity (Wildman–Crippen MR) is 85.7 cm³/mol. The molecule has 1 aliphatic carbocycles. The molecule has 2 fully saturated rings. The quantitative estimate of drug-likeness (QED) is 0.925. The first-order valence-corrected chi connectivity index (χ1v) is 8.68. The lowest BCUT2D eigenvalue weighted by atomic mass is 9.81. The van der Waals surface area contributed by atoms with E-state index in [0.717, 1.165) is 38.9 Å². The molecule has 0 spiro atoms. The third-order valence-electron chi connectivity index (χ3n) is 5.15. The zero-order valence-electron chi connectivity index (χ0n) is 13.2. The van der Waals surface area contributed by atoms with E-state index in [1.165, 1.54) is 9.75 Å². The SMILES string of the molecule is CC(C)(C)c1ccc(CN2C[C@@H]3CCC[C@@]3(C(=O)O)C2)s1. The molecule has 0 amide bonds. The zero-order chi connectivity index (χ0) is 15.3. The average Bonchev–Trinajstić information content (AvgIpc) is 3.01. The third-order valence-corrected chi connectivity index (χ3v) is 6.64. The summed E-state index contributed by atoms with van der Waals surface area (Å²) in [5.74, 6) is -0.217. The van der Waals surface area contributed by atoms with Gasteiger partial charge in [-0.3, -0.25) is 9.69 Å². The number of aliphatic carboxylic acids is 1. The van der Waals surface area contributed by atoms with Gasteiger partial charge in [-0.1, -0.05) is 27.2 Å². The summed E-state index contributed by atoms with van der Waals surface area (Å²) in [5, 5.41) is 9.64. The number of hydrogen-bond acceptors (Lipinski definition) is 3. The highest BCUT2D eigenvalue weighted by Gasteiger charge is 2.54. The molecular formula is C17H25NO2S. The maximum Gasteiger partial charge on any atom is 0.311 e. The molecule has 1 saturated carbocycles. The summed E-state index contributed by atoms with van der Waals surface area (Å²) in [7, 11) is 0. The number of thiophene rings is 1. The molecule has 1 saturated heterocycles. The largest absolute Gasteiger partial charge is 0.481 e. The van der Waals surface area contributed by atoms with Gasteiger partial charge in [0, 0.05) is 29.4 Å². The van der Waals surface area contributed by atoms with Crippen LogP contribution in [0.25, 0.3) is 0 Å². The van der Waals surface area contributed by atoms with Crippen molar-refractivity contribution in [3.8, 4) is 0 Å². The molecule has 3 nitrogen and oxygen atoms in total. The maximum atomic E-state index is 11.7.